The Morgan fingerprint density at radius 2 is 2.36 bits per heavy atom. The van der Waals surface area contributed by atoms with E-state index in [0.29, 0.717) is 10.4 Å². The smallest absolute Gasteiger partial charge is 0.259 e. The van der Waals surface area contributed by atoms with Crippen LogP contribution < -0.4 is 4.74 Å². The molecule has 0 unspecified atom stereocenters. The van der Waals surface area contributed by atoms with Crippen molar-refractivity contribution in [1.29, 1.82) is 0 Å². The van der Waals surface area contributed by atoms with E-state index in [1.165, 1.54) is 4.90 Å². The van der Waals surface area contributed by atoms with Gasteiger partial charge in [-0.1, -0.05) is 0 Å². The van der Waals surface area contributed by atoms with E-state index in [-0.39, 0.29) is 12.5 Å². The summed E-state index contributed by atoms with van der Waals surface area (Å²) in [5.41, 5.74) is 0. The Morgan fingerprint density at radius 1 is 1.64 bits per heavy atom. The van der Waals surface area contributed by atoms with Gasteiger partial charge in [-0.15, -0.1) is 0 Å². The highest BCUT2D eigenvalue weighted by molar-refractivity contribution is 9.10. The molecule has 0 radical (unpaired) electrons. The predicted octanol–water partition coefficient (Wildman–Crippen LogP) is 1.31. The minimum absolute atomic E-state index is 0.0251. The fraction of sp³-hybridized carbons (Fsp3) is 0.333. The van der Waals surface area contributed by atoms with Crippen molar-refractivity contribution in [3.05, 3.63) is 22.9 Å². The van der Waals surface area contributed by atoms with Gasteiger partial charge in [-0.2, -0.15) is 0 Å². The summed E-state index contributed by atoms with van der Waals surface area (Å²) >= 11 is 3.22. The number of aromatic nitrogens is 1. The molecule has 0 fully saturated rings. The molecule has 76 valence electrons. The molecule has 14 heavy (non-hydrogen) atoms. The normalized spacial score (nSPS) is 9.64. The van der Waals surface area contributed by atoms with Crippen molar-refractivity contribution >= 4 is 21.8 Å². The van der Waals surface area contributed by atoms with Crippen LogP contribution in [0.4, 0.5) is 0 Å². The van der Waals surface area contributed by atoms with Crippen LogP contribution in [0, 0.1) is 0 Å². The first-order valence-corrected chi connectivity index (χ1v) is 4.84. The lowest BCUT2D eigenvalue weighted by atomic mass is 10.4. The highest BCUT2D eigenvalue weighted by Crippen LogP contribution is 2.20. The summed E-state index contributed by atoms with van der Waals surface area (Å²) in [7, 11) is 3.37. The van der Waals surface area contributed by atoms with Crippen molar-refractivity contribution in [1.82, 2.24) is 9.88 Å². The molecule has 1 rings (SSSR count). The summed E-state index contributed by atoms with van der Waals surface area (Å²) in [5.74, 6) is 0.489. The highest BCUT2D eigenvalue weighted by Gasteiger charge is 2.06. The molecule has 1 amide bonds. The van der Waals surface area contributed by atoms with Gasteiger partial charge in [0.1, 0.15) is 4.60 Å². The molecule has 0 spiro atoms. The fourth-order valence-electron chi connectivity index (χ4n) is 0.748. The van der Waals surface area contributed by atoms with Gasteiger partial charge >= 0.3 is 0 Å². The summed E-state index contributed by atoms with van der Waals surface area (Å²) in [6, 6.07) is 3.50. The van der Waals surface area contributed by atoms with Gasteiger partial charge in [0.25, 0.3) is 5.91 Å². The highest BCUT2D eigenvalue weighted by atomic mass is 79.9. The molecule has 0 aliphatic carbocycles. The number of nitrogens with zero attached hydrogens (tertiary/aromatic N) is 2. The molecule has 1 aromatic heterocycles. The molecular weight excluding hydrogens is 248 g/mol. The zero-order chi connectivity index (χ0) is 10.6. The molecule has 0 N–H and O–H groups in total. The zero-order valence-electron chi connectivity index (χ0n) is 8.03. The molecule has 0 saturated carbocycles. The number of ether oxygens (including phenoxy) is 1. The predicted molar refractivity (Wildman–Crippen MR) is 56.1 cm³/mol. The number of carbonyl (C=O) groups is 1. The minimum Gasteiger partial charge on any atom is -0.481 e. The molecule has 0 aromatic carbocycles. The first-order valence-electron chi connectivity index (χ1n) is 4.04. The summed E-state index contributed by atoms with van der Waals surface area (Å²) in [5, 5.41) is 0. The molecule has 0 bridgehead atoms. The minimum atomic E-state index is -0.0826. The second kappa shape index (κ2) is 4.95. The summed E-state index contributed by atoms with van der Waals surface area (Å²) in [6.07, 6.45) is 1.64. The van der Waals surface area contributed by atoms with E-state index < -0.39 is 0 Å². The number of pyridine rings is 1. The van der Waals surface area contributed by atoms with Gasteiger partial charge < -0.3 is 9.64 Å². The number of carbonyl (C=O) groups excluding carboxylic acids is 1. The van der Waals surface area contributed by atoms with Crippen LogP contribution in [0.1, 0.15) is 0 Å². The fourth-order valence-corrected chi connectivity index (χ4v) is 1.11. The molecule has 1 heterocycles. The first kappa shape index (κ1) is 11.0. The van der Waals surface area contributed by atoms with Gasteiger partial charge in [-0.05, 0) is 28.1 Å². The number of likely N-dealkylation sites (N-methyl/N-ethyl adjacent to an activating group) is 1. The maximum Gasteiger partial charge on any atom is 0.259 e. The largest absolute Gasteiger partial charge is 0.481 e. The van der Waals surface area contributed by atoms with E-state index in [1.54, 1.807) is 32.4 Å². The molecular formula is C9H11BrN2O2. The number of hydrogen-bond acceptors (Lipinski definition) is 3. The first-order chi connectivity index (χ1) is 6.61. The Labute approximate surface area is 91.0 Å². The van der Waals surface area contributed by atoms with Crippen LogP contribution in [-0.2, 0) is 4.79 Å². The lowest BCUT2D eigenvalue weighted by Gasteiger charge is -2.11. The van der Waals surface area contributed by atoms with Crippen molar-refractivity contribution in [2.45, 2.75) is 0 Å². The number of rotatable bonds is 3. The third kappa shape index (κ3) is 2.99. The van der Waals surface area contributed by atoms with Crippen LogP contribution >= 0.6 is 15.9 Å². The van der Waals surface area contributed by atoms with E-state index >= 15 is 0 Å². The standard InChI is InChI=1S/C9H11BrN2O2/c1-12(2)8(13)6-14-7-4-3-5-11-9(7)10/h3-5H,6H2,1-2H3. The second-order valence-corrected chi connectivity index (χ2v) is 3.62. The van der Waals surface area contributed by atoms with Crippen LogP contribution in [0.3, 0.4) is 0 Å². The Balaban J connectivity index is 2.54. The van der Waals surface area contributed by atoms with E-state index in [9.17, 15) is 4.79 Å². The third-order valence-electron chi connectivity index (χ3n) is 1.57. The number of amides is 1. The molecule has 5 heteroatoms. The lowest BCUT2D eigenvalue weighted by Crippen LogP contribution is -2.27. The van der Waals surface area contributed by atoms with Gasteiger partial charge in [0, 0.05) is 20.3 Å². The Hall–Kier alpha value is -1.10. The van der Waals surface area contributed by atoms with Gasteiger partial charge in [0.2, 0.25) is 0 Å². The van der Waals surface area contributed by atoms with Gasteiger partial charge in [0.15, 0.2) is 12.4 Å². The Morgan fingerprint density at radius 3 is 2.93 bits per heavy atom. The van der Waals surface area contributed by atoms with Gasteiger partial charge in [-0.3, -0.25) is 4.79 Å². The lowest BCUT2D eigenvalue weighted by molar-refractivity contribution is -0.130. The van der Waals surface area contributed by atoms with Crippen LogP contribution in [0.5, 0.6) is 5.75 Å². The van der Waals surface area contributed by atoms with E-state index in [4.69, 9.17) is 4.74 Å². The van der Waals surface area contributed by atoms with E-state index in [0.717, 1.165) is 0 Å². The zero-order valence-corrected chi connectivity index (χ0v) is 9.61. The number of halogens is 1. The molecule has 0 aliphatic rings. The Bertz CT molecular complexity index is 328. The summed E-state index contributed by atoms with van der Waals surface area (Å²) in [4.78, 5) is 16.6. The summed E-state index contributed by atoms with van der Waals surface area (Å²) in [6.45, 7) is 0.0251. The van der Waals surface area contributed by atoms with Crippen molar-refractivity contribution in [2.75, 3.05) is 20.7 Å². The number of hydrogen-bond donors (Lipinski definition) is 0. The van der Waals surface area contributed by atoms with Crippen LogP contribution in [0.15, 0.2) is 22.9 Å². The average Bonchev–Trinajstić information content (AvgIpc) is 2.16. The van der Waals surface area contributed by atoms with Gasteiger partial charge in [0.05, 0.1) is 0 Å². The quantitative estimate of drug-likeness (QED) is 0.768. The summed E-state index contributed by atoms with van der Waals surface area (Å²) < 4.78 is 5.86. The second-order valence-electron chi connectivity index (χ2n) is 2.87. The Kier molecular flexibility index (Phi) is 3.88. The SMILES string of the molecule is CN(C)C(=O)COc1cccnc1Br. The van der Waals surface area contributed by atoms with Crippen molar-refractivity contribution in [2.24, 2.45) is 0 Å². The molecule has 0 aliphatic heterocycles. The van der Waals surface area contributed by atoms with E-state index in [2.05, 4.69) is 20.9 Å². The van der Waals surface area contributed by atoms with Crippen LogP contribution in [0.25, 0.3) is 0 Å². The maximum absolute atomic E-state index is 11.2. The molecule has 1 aromatic rings. The topological polar surface area (TPSA) is 42.4 Å². The third-order valence-corrected chi connectivity index (χ3v) is 2.17. The van der Waals surface area contributed by atoms with Crippen LogP contribution in [0.2, 0.25) is 0 Å². The van der Waals surface area contributed by atoms with Gasteiger partial charge in [-0.25, -0.2) is 4.98 Å². The van der Waals surface area contributed by atoms with E-state index in [1.807, 2.05) is 0 Å². The van der Waals surface area contributed by atoms with Crippen molar-refractivity contribution in [3.63, 3.8) is 0 Å². The maximum atomic E-state index is 11.2. The average molecular weight is 259 g/mol. The van der Waals surface area contributed by atoms with Crippen molar-refractivity contribution in [3.8, 4) is 5.75 Å². The molecule has 4 nitrogen and oxygen atoms in total. The monoisotopic (exact) mass is 258 g/mol. The molecule has 0 atom stereocenters. The van der Waals surface area contributed by atoms with Crippen molar-refractivity contribution < 1.29 is 9.53 Å². The van der Waals surface area contributed by atoms with Crippen LogP contribution in [-0.4, -0.2) is 36.5 Å². The molecule has 0 saturated heterocycles.